The first-order valence-electron chi connectivity index (χ1n) is 8.39. The van der Waals surface area contributed by atoms with E-state index in [2.05, 4.69) is 48.2 Å². The summed E-state index contributed by atoms with van der Waals surface area (Å²) in [5, 5.41) is 0. The number of nitrogens with zero attached hydrogens (tertiary/aromatic N) is 1. The molecule has 0 aliphatic carbocycles. The second-order valence-electron chi connectivity index (χ2n) is 6.54. The van der Waals surface area contributed by atoms with Crippen LogP contribution < -0.4 is 9.64 Å². The first-order valence-corrected chi connectivity index (χ1v) is 8.39. The number of hydrogen-bond donors (Lipinski definition) is 0. The van der Waals surface area contributed by atoms with E-state index >= 15 is 0 Å². The number of halogens is 1. The van der Waals surface area contributed by atoms with Crippen molar-refractivity contribution in [2.45, 2.75) is 18.5 Å². The third-order valence-electron chi connectivity index (χ3n) is 5.12. The van der Waals surface area contributed by atoms with Gasteiger partial charge >= 0.3 is 0 Å². The second kappa shape index (κ2) is 5.92. The molecule has 1 aliphatic rings. The molecule has 126 valence electrons. The second-order valence-corrected chi connectivity index (χ2v) is 6.54. The van der Waals surface area contributed by atoms with Crippen LogP contribution in [0.3, 0.4) is 0 Å². The number of benzene rings is 3. The highest BCUT2D eigenvalue weighted by Gasteiger charge is 2.60. The van der Waals surface area contributed by atoms with Gasteiger partial charge in [0.1, 0.15) is 11.6 Å². The van der Waals surface area contributed by atoms with Gasteiger partial charge in [0.2, 0.25) is 0 Å². The number of methoxy groups -OCH3 is 1. The maximum atomic E-state index is 13.4. The fourth-order valence-corrected chi connectivity index (χ4v) is 3.74. The van der Waals surface area contributed by atoms with Crippen LogP contribution in [-0.2, 0) is 5.54 Å². The molecule has 1 saturated heterocycles. The topological polar surface area (TPSA) is 12.2 Å². The van der Waals surface area contributed by atoms with Gasteiger partial charge in [-0.15, -0.1) is 0 Å². The van der Waals surface area contributed by atoms with E-state index in [-0.39, 0.29) is 17.4 Å². The molecule has 0 aromatic heterocycles. The van der Waals surface area contributed by atoms with Gasteiger partial charge in [0, 0.05) is 5.69 Å². The van der Waals surface area contributed by atoms with Crippen molar-refractivity contribution in [3.8, 4) is 5.75 Å². The van der Waals surface area contributed by atoms with Crippen LogP contribution in [-0.4, -0.2) is 7.11 Å². The minimum Gasteiger partial charge on any atom is -0.497 e. The fraction of sp³-hybridized carbons (Fsp3) is 0.182. The lowest BCUT2D eigenvalue weighted by molar-refractivity contribution is 0.415. The van der Waals surface area contributed by atoms with E-state index in [9.17, 15) is 4.39 Å². The Morgan fingerprint density at radius 2 is 1.52 bits per heavy atom. The van der Waals surface area contributed by atoms with Crippen molar-refractivity contribution < 1.29 is 9.13 Å². The summed E-state index contributed by atoms with van der Waals surface area (Å²) < 4.78 is 18.7. The van der Waals surface area contributed by atoms with E-state index in [0.717, 1.165) is 17.0 Å². The van der Waals surface area contributed by atoms with E-state index in [1.165, 1.54) is 17.7 Å². The Hall–Kier alpha value is -2.81. The van der Waals surface area contributed by atoms with Crippen LogP contribution in [0.1, 0.15) is 24.1 Å². The van der Waals surface area contributed by atoms with Gasteiger partial charge in [0.25, 0.3) is 0 Å². The van der Waals surface area contributed by atoms with Crippen molar-refractivity contribution in [1.82, 2.24) is 0 Å². The molecule has 1 fully saturated rings. The molecule has 2 nitrogen and oxygen atoms in total. The van der Waals surface area contributed by atoms with Crippen molar-refractivity contribution >= 4 is 5.69 Å². The predicted molar refractivity (Wildman–Crippen MR) is 98.4 cm³/mol. The lowest BCUT2D eigenvalue weighted by Gasteiger charge is -2.14. The maximum absolute atomic E-state index is 13.4. The molecular formula is C22H20FNO. The van der Waals surface area contributed by atoms with Crippen molar-refractivity contribution in [2.24, 2.45) is 0 Å². The van der Waals surface area contributed by atoms with Crippen LogP contribution in [0.15, 0.2) is 78.9 Å². The summed E-state index contributed by atoms with van der Waals surface area (Å²) in [5.41, 5.74) is 3.29. The summed E-state index contributed by atoms with van der Waals surface area (Å²) in [5.74, 6) is 0.630. The molecule has 3 heteroatoms. The molecule has 3 aromatic carbocycles. The lowest BCUT2D eigenvalue weighted by Crippen LogP contribution is -2.11. The molecule has 0 spiro atoms. The van der Waals surface area contributed by atoms with Gasteiger partial charge in [-0.3, -0.25) is 0 Å². The minimum absolute atomic E-state index is 0.205. The highest BCUT2D eigenvalue weighted by atomic mass is 19.1. The van der Waals surface area contributed by atoms with Crippen LogP contribution in [0.25, 0.3) is 0 Å². The smallest absolute Gasteiger partial charge is 0.123 e. The average Bonchev–Trinajstić information content (AvgIpc) is 3.30. The third kappa shape index (κ3) is 2.56. The zero-order chi connectivity index (χ0) is 17.4. The summed E-state index contributed by atoms with van der Waals surface area (Å²) in [7, 11) is 1.67. The van der Waals surface area contributed by atoms with E-state index < -0.39 is 0 Å². The quantitative estimate of drug-likeness (QED) is 0.600. The van der Waals surface area contributed by atoms with E-state index in [1.54, 1.807) is 7.11 Å². The molecule has 1 heterocycles. The van der Waals surface area contributed by atoms with Crippen molar-refractivity contribution in [3.05, 3.63) is 95.8 Å². The van der Waals surface area contributed by atoms with E-state index in [0.29, 0.717) is 0 Å². The first-order chi connectivity index (χ1) is 12.1. The number of ether oxygens (including phenoxy) is 1. The minimum atomic E-state index is -0.208. The summed E-state index contributed by atoms with van der Waals surface area (Å²) in [6.45, 7) is 2.21. The van der Waals surface area contributed by atoms with Crippen LogP contribution in [0.2, 0.25) is 0 Å². The zero-order valence-electron chi connectivity index (χ0n) is 14.3. The van der Waals surface area contributed by atoms with Gasteiger partial charge in [0.15, 0.2) is 0 Å². The molecule has 4 rings (SSSR count). The lowest BCUT2D eigenvalue weighted by atomic mass is 9.93. The van der Waals surface area contributed by atoms with Gasteiger partial charge in [-0.1, -0.05) is 42.5 Å². The normalized spacial score (nSPS) is 21.9. The van der Waals surface area contributed by atoms with Crippen LogP contribution >= 0.6 is 0 Å². The molecule has 3 aromatic rings. The maximum Gasteiger partial charge on any atom is 0.123 e. The van der Waals surface area contributed by atoms with Crippen LogP contribution in [0.5, 0.6) is 5.75 Å². The summed E-state index contributed by atoms with van der Waals surface area (Å²) in [6, 6.07) is 25.6. The largest absolute Gasteiger partial charge is 0.497 e. The zero-order valence-corrected chi connectivity index (χ0v) is 14.3. The van der Waals surface area contributed by atoms with Crippen molar-refractivity contribution in [2.75, 3.05) is 12.0 Å². The number of hydrogen-bond acceptors (Lipinski definition) is 2. The molecule has 0 unspecified atom stereocenters. The molecule has 0 radical (unpaired) electrons. The SMILES string of the molecule is COc1ccc(N2[C@H](c3ccccc3)[C@@]2(C)c2ccc(F)cc2)cc1. The summed E-state index contributed by atoms with van der Waals surface area (Å²) in [6.07, 6.45) is 0. The highest BCUT2D eigenvalue weighted by molar-refractivity contribution is 5.66. The Kier molecular flexibility index (Phi) is 3.72. The number of rotatable bonds is 4. The first kappa shape index (κ1) is 15.7. The molecule has 1 aliphatic heterocycles. The molecule has 0 amide bonds. The van der Waals surface area contributed by atoms with Crippen molar-refractivity contribution in [1.29, 1.82) is 0 Å². The van der Waals surface area contributed by atoms with Gasteiger partial charge in [-0.25, -0.2) is 4.39 Å². The molecule has 0 N–H and O–H groups in total. The fourth-order valence-electron chi connectivity index (χ4n) is 3.74. The Bertz CT molecular complexity index is 861. The molecular weight excluding hydrogens is 313 g/mol. The number of anilines is 1. The van der Waals surface area contributed by atoms with Gasteiger partial charge in [0.05, 0.1) is 18.7 Å². The van der Waals surface area contributed by atoms with Crippen LogP contribution in [0.4, 0.5) is 10.1 Å². The molecule has 2 atom stereocenters. The Morgan fingerprint density at radius 1 is 0.880 bits per heavy atom. The molecule has 0 saturated carbocycles. The molecule has 0 bridgehead atoms. The Labute approximate surface area is 147 Å². The average molecular weight is 333 g/mol. The van der Waals surface area contributed by atoms with Gasteiger partial charge in [-0.2, -0.15) is 0 Å². The van der Waals surface area contributed by atoms with E-state index in [4.69, 9.17) is 4.74 Å². The summed E-state index contributed by atoms with van der Waals surface area (Å²) in [4.78, 5) is 2.37. The standard InChI is InChI=1S/C22H20FNO/c1-22(17-8-10-18(23)11-9-17)21(16-6-4-3-5-7-16)24(22)19-12-14-20(25-2)15-13-19/h3-15,21H,1-2H3/t21-,22-,24?/m1/s1. The van der Waals surface area contributed by atoms with Crippen LogP contribution in [0, 0.1) is 5.82 Å². The Morgan fingerprint density at radius 3 is 2.12 bits per heavy atom. The monoisotopic (exact) mass is 333 g/mol. The summed E-state index contributed by atoms with van der Waals surface area (Å²) >= 11 is 0. The van der Waals surface area contributed by atoms with Crippen molar-refractivity contribution in [3.63, 3.8) is 0 Å². The van der Waals surface area contributed by atoms with E-state index in [1.807, 2.05) is 30.3 Å². The van der Waals surface area contributed by atoms with Gasteiger partial charge < -0.3 is 9.64 Å². The third-order valence-corrected chi connectivity index (χ3v) is 5.12. The Balaban J connectivity index is 1.77. The highest BCUT2D eigenvalue weighted by Crippen LogP contribution is 2.61. The molecule has 25 heavy (non-hydrogen) atoms. The predicted octanol–water partition coefficient (Wildman–Crippen LogP) is 5.31. The van der Waals surface area contributed by atoms with Gasteiger partial charge in [-0.05, 0) is 54.4 Å².